The Morgan fingerprint density at radius 3 is 2.62 bits per heavy atom. The van der Waals surface area contributed by atoms with Gasteiger partial charge in [-0.25, -0.2) is 9.18 Å². The molecule has 0 amide bonds. The van der Waals surface area contributed by atoms with Crippen LogP contribution in [-0.2, 0) is 6.61 Å². The second-order valence-electron chi connectivity index (χ2n) is 5.82. The first-order valence-electron chi connectivity index (χ1n) is 8.20. The number of nitrogens with one attached hydrogen (secondary N) is 2. The van der Waals surface area contributed by atoms with Gasteiger partial charge in [-0.3, -0.25) is 19.9 Å². The number of halogens is 2. The van der Waals surface area contributed by atoms with Gasteiger partial charge >= 0.3 is 16.9 Å². The van der Waals surface area contributed by atoms with Crippen molar-refractivity contribution < 1.29 is 14.1 Å². The molecule has 0 aliphatic heterocycles. The lowest BCUT2D eigenvalue weighted by molar-refractivity contribution is -0.386. The number of benzene rings is 2. The Bertz CT molecular complexity index is 1200. The zero-order valence-electron chi connectivity index (χ0n) is 14.6. The highest BCUT2D eigenvalue weighted by molar-refractivity contribution is 6.31. The molecular weight excluding hydrogens is 405 g/mol. The molecule has 0 spiro atoms. The van der Waals surface area contributed by atoms with Crippen LogP contribution in [0.5, 0.6) is 5.75 Å². The molecule has 0 atom stereocenters. The second kappa shape index (κ2) is 8.53. The fourth-order valence-electron chi connectivity index (χ4n) is 2.51. The SMILES string of the molecule is O=c1[nH]c(C=Cc2cccc(OCc3c(F)cccc3Cl)c2)c([N+](=O)[O-])c(=O)[nH]1. The van der Waals surface area contributed by atoms with Gasteiger partial charge in [0, 0.05) is 5.56 Å². The predicted octanol–water partition coefficient (Wildman–Crippen LogP) is 3.51. The van der Waals surface area contributed by atoms with Gasteiger partial charge in [0.15, 0.2) is 0 Å². The number of ether oxygens (including phenoxy) is 1. The molecule has 10 heteroatoms. The molecule has 1 aromatic heterocycles. The van der Waals surface area contributed by atoms with Crippen molar-refractivity contribution in [3.63, 3.8) is 0 Å². The highest BCUT2D eigenvalue weighted by Crippen LogP contribution is 2.22. The Balaban J connectivity index is 1.83. The molecule has 2 N–H and O–H groups in total. The van der Waals surface area contributed by atoms with Crippen molar-refractivity contribution in [3.05, 3.63) is 101 Å². The van der Waals surface area contributed by atoms with Gasteiger partial charge in [0.1, 0.15) is 23.9 Å². The summed E-state index contributed by atoms with van der Waals surface area (Å²) in [6.45, 7) is -0.0917. The van der Waals surface area contributed by atoms with Crippen molar-refractivity contribution in [2.75, 3.05) is 0 Å². The first kappa shape index (κ1) is 20.0. The van der Waals surface area contributed by atoms with Crippen LogP contribution in [0.25, 0.3) is 12.2 Å². The van der Waals surface area contributed by atoms with Crippen LogP contribution in [0.3, 0.4) is 0 Å². The average Bonchev–Trinajstić information content (AvgIpc) is 2.65. The zero-order chi connectivity index (χ0) is 21.0. The molecule has 0 radical (unpaired) electrons. The number of hydrogen-bond acceptors (Lipinski definition) is 5. The maximum atomic E-state index is 13.8. The molecule has 0 aliphatic carbocycles. The predicted molar refractivity (Wildman–Crippen MR) is 105 cm³/mol. The van der Waals surface area contributed by atoms with Gasteiger partial charge in [-0.05, 0) is 35.9 Å². The lowest BCUT2D eigenvalue weighted by Gasteiger charge is -2.09. The lowest BCUT2D eigenvalue weighted by Crippen LogP contribution is -2.25. The van der Waals surface area contributed by atoms with E-state index in [0.29, 0.717) is 11.3 Å². The summed E-state index contributed by atoms with van der Waals surface area (Å²) in [5.41, 5.74) is -2.20. The van der Waals surface area contributed by atoms with Gasteiger partial charge < -0.3 is 9.72 Å². The highest BCUT2D eigenvalue weighted by Gasteiger charge is 2.18. The standard InChI is InChI=1S/C19H13ClFN3O5/c20-14-5-2-6-15(21)13(14)10-29-12-4-1-3-11(9-12)7-8-16-17(24(27)28)18(25)23-19(26)22-16/h1-9H,10H2,(H2,22,23,25,26). The fraction of sp³-hybridized carbons (Fsp3) is 0.0526. The van der Waals surface area contributed by atoms with Crippen LogP contribution in [0.15, 0.2) is 52.1 Å². The van der Waals surface area contributed by atoms with E-state index in [4.69, 9.17) is 16.3 Å². The van der Waals surface area contributed by atoms with Crippen LogP contribution >= 0.6 is 11.6 Å². The first-order valence-corrected chi connectivity index (χ1v) is 8.58. The van der Waals surface area contributed by atoms with Crippen LogP contribution in [0, 0.1) is 15.9 Å². The van der Waals surface area contributed by atoms with E-state index in [0.717, 1.165) is 0 Å². The summed E-state index contributed by atoms with van der Waals surface area (Å²) in [5, 5.41) is 11.3. The van der Waals surface area contributed by atoms with Crippen LogP contribution in [0.2, 0.25) is 5.02 Å². The van der Waals surface area contributed by atoms with Gasteiger partial charge in [0.25, 0.3) is 0 Å². The normalized spacial score (nSPS) is 11.0. The van der Waals surface area contributed by atoms with Gasteiger partial charge in [-0.15, -0.1) is 0 Å². The molecule has 0 saturated heterocycles. The van der Waals surface area contributed by atoms with E-state index < -0.39 is 27.7 Å². The third kappa shape index (κ3) is 4.77. The maximum absolute atomic E-state index is 13.8. The van der Waals surface area contributed by atoms with E-state index in [1.807, 2.05) is 0 Å². The molecule has 0 fully saturated rings. The van der Waals surface area contributed by atoms with Crippen molar-refractivity contribution >= 4 is 29.4 Å². The molecular formula is C19H13ClFN3O5. The third-order valence-electron chi connectivity index (χ3n) is 3.87. The van der Waals surface area contributed by atoms with Crippen molar-refractivity contribution in [2.24, 2.45) is 0 Å². The molecule has 0 saturated carbocycles. The molecule has 3 rings (SSSR count). The maximum Gasteiger partial charge on any atom is 0.357 e. The van der Waals surface area contributed by atoms with E-state index >= 15 is 0 Å². The summed E-state index contributed by atoms with van der Waals surface area (Å²) in [6.07, 6.45) is 2.70. The average molecular weight is 418 g/mol. The minimum absolute atomic E-state index is 0.0917. The van der Waals surface area contributed by atoms with E-state index in [9.17, 15) is 24.1 Å². The van der Waals surface area contributed by atoms with Crippen molar-refractivity contribution in [1.29, 1.82) is 0 Å². The lowest BCUT2D eigenvalue weighted by atomic mass is 10.1. The smallest absolute Gasteiger partial charge is 0.357 e. The molecule has 29 heavy (non-hydrogen) atoms. The summed E-state index contributed by atoms with van der Waals surface area (Å²) in [4.78, 5) is 37.2. The van der Waals surface area contributed by atoms with Crippen LogP contribution < -0.4 is 16.0 Å². The van der Waals surface area contributed by atoms with Gasteiger partial charge in [-0.1, -0.05) is 35.9 Å². The minimum Gasteiger partial charge on any atom is -0.489 e. The highest BCUT2D eigenvalue weighted by atomic mass is 35.5. The van der Waals surface area contributed by atoms with E-state index in [2.05, 4.69) is 4.98 Å². The van der Waals surface area contributed by atoms with E-state index in [1.165, 1.54) is 24.3 Å². The number of hydrogen-bond donors (Lipinski definition) is 2. The fourth-order valence-corrected chi connectivity index (χ4v) is 2.73. The second-order valence-corrected chi connectivity index (χ2v) is 6.23. The van der Waals surface area contributed by atoms with E-state index in [-0.39, 0.29) is 22.9 Å². The number of nitrogens with zero attached hydrogens (tertiary/aromatic N) is 1. The van der Waals surface area contributed by atoms with Gasteiger partial charge in [0.05, 0.1) is 9.95 Å². The first-order chi connectivity index (χ1) is 13.8. The van der Waals surface area contributed by atoms with Crippen molar-refractivity contribution in [1.82, 2.24) is 9.97 Å². The van der Waals surface area contributed by atoms with Crippen LogP contribution in [0.4, 0.5) is 10.1 Å². The number of nitro groups is 1. The van der Waals surface area contributed by atoms with Crippen LogP contribution in [-0.4, -0.2) is 14.9 Å². The number of rotatable bonds is 6. The van der Waals surface area contributed by atoms with Crippen molar-refractivity contribution in [3.8, 4) is 5.75 Å². The minimum atomic E-state index is -1.10. The Hall–Kier alpha value is -3.72. The number of H-pyrrole nitrogens is 2. The molecule has 8 nitrogen and oxygen atoms in total. The summed E-state index contributed by atoms with van der Waals surface area (Å²) < 4.78 is 19.4. The quantitative estimate of drug-likeness (QED) is 0.470. The Kier molecular flexibility index (Phi) is 5.89. The van der Waals surface area contributed by atoms with Gasteiger partial charge in [0.2, 0.25) is 0 Å². The monoisotopic (exact) mass is 417 g/mol. The summed E-state index contributed by atoms with van der Waals surface area (Å²) in [6, 6.07) is 10.9. The van der Waals surface area contributed by atoms with Crippen molar-refractivity contribution in [2.45, 2.75) is 6.61 Å². The molecule has 0 unspecified atom stereocenters. The number of aromatic amines is 2. The largest absolute Gasteiger partial charge is 0.489 e. The van der Waals surface area contributed by atoms with Gasteiger partial charge in [-0.2, -0.15) is 0 Å². The zero-order valence-corrected chi connectivity index (χ0v) is 15.4. The molecule has 1 heterocycles. The van der Waals surface area contributed by atoms with E-state index in [1.54, 1.807) is 35.3 Å². The summed E-state index contributed by atoms with van der Waals surface area (Å²) in [5.74, 6) is -0.0838. The third-order valence-corrected chi connectivity index (χ3v) is 4.23. The Labute approximate surface area is 167 Å². The summed E-state index contributed by atoms with van der Waals surface area (Å²) >= 11 is 5.97. The molecule has 2 aromatic carbocycles. The molecule has 148 valence electrons. The molecule has 3 aromatic rings. The van der Waals surface area contributed by atoms with Crippen LogP contribution in [0.1, 0.15) is 16.8 Å². The number of aromatic nitrogens is 2. The molecule has 0 bridgehead atoms. The summed E-state index contributed by atoms with van der Waals surface area (Å²) in [7, 11) is 0. The molecule has 0 aliphatic rings. The Morgan fingerprint density at radius 2 is 1.90 bits per heavy atom. The topological polar surface area (TPSA) is 118 Å². The Morgan fingerprint density at radius 1 is 1.14 bits per heavy atom.